The van der Waals surface area contributed by atoms with Crippen molar-refractivity contribution in [3.63, 3.8) is 0 Å². The van der Waals surface area contributed by atoms with Gasteiger partial charge in [-0.1, -0.05) is 6.07 Å². The average molecular weight is 522 g/mol. The van der Waals surface area contributed by atoms with E-state index in [1.54, 1.807) is 14.2 Å². The molecule has 0 radical (unpaired) electrons. The first-order valence-electron chi connectivity index (χ1n) is 14.0. The van der Waals surface area contributed by atoms with Gasteiger partial charge < -0.3 is 38.1 Å². The number of hydrogen-bond donors (Lipinski definition) is 0. The third kappa shape index (κ3) is 7.44. The van der Waals surface area contributed by atoms with Gasteiger partial charge in [0.1, 0.15) is 5.75 Å². The highest BCUT2D eigenvalue weighted by molar-refractivity contribution is 5.45. The molecule has 2 fully saturated rings. The molecule has 2 aliphatic carbocycles. The molecule has 3 aliphatic rings. The van der Waals surface area contributed by atoms with Gasteiger partial charge in [0.05, 0.1) is 79.3 Å². The second kappa shape index (κ2) is 14.8. The fourth-order valence-corrected chi connectivity index (χ4v) is 6.61. The quantitative estimate of drug-likeness (QED) is 0.290. The Morgan fingerprint density at radius 2 is 1.49 bits per heavy atom. The van der Waals surface area contributed by atoms with Crippen molar-refractivity contribution in [2.24, 2.45) is 5.92 Å². The molecule has 0 amide bonds. The summed E-state index contributed by atoms with van der Waals surface area (Å²) >= 11 is 0. The van der Waals surface area contributed by atoms with Crippen LogP contribution in [0.3, 0.4) is 0 Å². The number of ether oxygens (including phenoxy) is 7. The van der Waals surface area contributed by atoms with Crippen LogP contribution in [0, 0.1) is 5.92 Å². The summed E-state index contributed by atoms with van der Waals surface area (Å²) in [6, 6.07) is 7.37. The van der Waals surface area contributed by atoms with Crippen LogP contribution in [0.1, 0.15) is 36.8 Å². The monoisotopic (exact) mass is 521 g/mol. The Labute approximate surface area is 222 Å². The van der Waals surface area contributed by atoms with Crippen molar-refractivity contribution in [1.82, 2.24) is 4.90 Å². The minimum Gasteiger partial charge on any atom is -0.497 e. The van der Waals surface area contributed by atoms with Crippen LogP contribution in [0.5, 0.6) is 5.75 Å². The lowest BCUT2D eigenvalue weighted by atomic mass is 9.52. The van der Waals surface area contributed by atoms with E-state index in [1.807, 2.05) is 0 Å². The van der Waals surface area contributed by atoms with Crippen molar-refractivity contribution >= 4 is 0 Å². The van der Waals surface area contributed by atoms with E-state index in [0.29, 0.717) is 78.0 Å². The van der Waals surface area contributed by atoms with Gasteiger partial charge in [-0.05, 0) is 74.9 Å². The first-order valence-corrected chi connectivity index (χ1v) is 14.0. The lowest BCUT2D eigenvalue weighted by Gasteiger charge is -2.59. The van der Waals surface area contributed by atoms with Gasteiger partial charge in [-0.3, -0.25) is 0 Å². The molecular weight excluding hydrogens is 474 g/mol. The molecule has 37 heavy (non-hydrogen) atoms. The summed E-state index contributed by atoms with van der Waals surface area (Å²) in [6.45, 7) is 7.00. The van der Waals surface area contributed by atoms with Gasteiger partial charge >= 0.3 is 0 Å². The van der Waals surface area contributed by atoms with Crippen molar-refractivity contribution < 1.29 is 33.2 Å². The SMILES string of the molecule is COCCOCCOCCOCCOCCO[C@@H]1CC[C@@H]2[C@@H]3Cc4ccc(OC)cc4[C@]2(CCN3C)C1. The molecule has 1 aromatic rings. The summed E-state index contributed by atoms with van der Waals surface area (Å²) in [5.74, 6) is 1.67. The number of fused-ring (bicyclic) bond motifs is 1. The van der Waals surface area contributed by atoms with E-state index in [9.17, 15) is 0 Å². The third-order valence-electron chi connectivity index (χ3n) is 8.45. The number of piperidine rings is 1. The van der Waals surface area contributed by atoms with Crippen molar-refractivity contribution in [2.75, 3.05) is 93.9 Å². The van der Waals surface area contributed by atoms with E-state index in [2.05, 4.69) is 30.1 Å². The highest BCUT2D eigenvalue weighted by atomic mass is 16.6. The number of nitrogens with zero attached hydrogens (tertiary/aromatic N) is 1. The normalized spacial score (nSPS) is 27.1. The molecule has 1 aliphatic heterocycles. The van der Waals surface area contributed by atoms with E-state index in [1.165, 1.54) is 24.0 Å². The number of hydrogen-bond acceptors (Lipinski definition) is 8. The summed E-state index contributed by atoms with van der Waals surface area (Å²) in [7, 11) is 5.74. The van der Waals surface area contributed by atoms with Crippen molar-refractivity contribution in [3.05, 3.63) is 29.3 Å². The summed E-state index contributed by atoms with van der Waals surface area (Å²) in [5.41, 5.74) is 3.22. The van der Waals surface area contributed by atoms with E-state index in [-0.39, 0.29) is 11.5 Å². The summed E-state index contributed by atoms with van der Waals surface area (Å²) in [6.07, 6.45) is 6.10. The van der Waals surface area contributed by atoms with Crippen LogP contribution in [0.25, 0.3) is 0 Å². The van der Waals surface area contributed by atoms with E-state index in [0.717, 1.165) is 31.6 Å². The van der Waals surface area contributed by atoms with Gasteiger partial charge in [0.2, 0.25) is 0 Å². The molecular formula is C29H47NO7. The smallest absolute Gasteiger partial charge is 0.119 e. The average Bonchev–Trinajstić information content (AvgIpc) is 2.92. The topological polar surface area (TPSA) is 67.9 Å². The molecule has 1 saturated carbocycles. The van der Waals surface area contributed by atoms with Gasteiger partial charge in [0.15, 0.2) is 0 Å². The van der Waals surface area contributed by atoms with Gasteiger partial charge in [-0.2, -0.15) is 0 Å². The minimum atomic E-state index is 0.203. The molecule has 0 N–H and O–H groups in total. The zero-order valence-electron chi connectivity index (χ0n) is 23.1. The zero-order valence-corrected chi connectivity index (χ0v) is 23.1. The molecule has 4 atom stereocenters. The van der Waals surface area contributed by atoms with Gasteiger partial charge in [0, 0.05) is 18.6 Å². The fraction of sp³-hybridized carbons (Fsp3) is 0.793. The molecule has 8 heteroatoms. The molecule has 0 spiro atoms. The Hall–Kier alpha value is -1.26. The first kappa shape index (κ1) is 28.7. The second-order valence-electron chi connectivity index (χ2n) is 10.5. The van der Waals surface area contributed by atoms with Gasteiger partial charge in [-0.25, -0.2) is 0 Å². The van der Waals surface area contributed by atoms with E-state index < -0.39 is 0 Å². The molecule has 2 bridgehead atoms. The highest BCUT2D eigenvalue weighted by Gasteiger charge is 2.55. The van der Waals surface area contributed by atoms with Crippen molar-refractivity contribution in [1.29, 1.82) is 0 Å². The Balaban J connectivity index is 1.13. The van der Waals surface area contributed by atoms with Crippen molar-refractivity contribution in [3.8, 4) is 5.75 Å². The van der Waals surface area contributed by atoms with Crippen LogP contribution in [0.4, 0.5) is 0 Å². The van der Waals surface area contributed by atoms with Crippen LogP contribution in [0.2, 0.25) is 0 Å². The lowest BCUT2D eigenvalue weighted by molar-refractivity contribution is -0.0774. The fourth-order valence-electron chi connectivity index (χ4n) is 6.61. The number of methoxy groups -OCH3 is 2. The largest absolute Gasteiger partial charge is 0.497 e. The van der Waals surface area contributed by atoms with Gasteiger partial charge in [0.25, 0.3) is 0 Å². The predicted octanol–water partition coefficient (Wildman–Crippen LogP) is 3.09. The molecule has 1 aromatic carbocycles. The molecule has 1 saturated heterocycles. The first-order chi connectivity index (χ1) is 18.2. The Morgan fingerprint density at radius 3 is 2.14 bits per heavy atom. The molecule has 8 nitrogen and oxygen atoms in total. The molecule has 0 aromatic heterocycles. The molecule has 210 valence electrons. The summed E-state index contributed by atoms with van der Waals surface area (Å²) < 4.78 is 39.1. The maximum Gasteiger partial charge on any atom is 0.119 e. The highest BCUT2D eigenvalue weighted by Crippen LogP contribution is 2.56. The Morgan fingerprint density at radius 1 is 0.838 bits per heavy atom. The maximum absolute atomic E-state index is 6.37. The third-order valence-corrected chi connectivity index (χ3v) is 8.45. The Kier molecular flexibility index (Phi) is 11.5. The number of likely N-dealkylation sites (N-methyl/N-ethyl adjacent to an activating group) is 1. The number of rotatable bonds is 17. The Bertz CT molecular complexity index is 808. The number of likely N-dealkylation sites (tertiary alicyclic amines) is 1. The lowest BCUT2D eigenvalue weighted by Crippen LogP contribution is -2.61. The van der Waals surface area contributed by atoms with E-state index in [4.69, 9.17) is 33.2 Å². The van der Waals surface area contributed by atoms with Crippen LogP contribution in [-0.4, -0.2) is 111 Å². The van der Waals surface area contributed by atoms with Crippen LogP contribution in [0.15, 0.2) is 18.2 Å². The summed E-state index contributed by atoms with van der Waals surface area (Å²) in [5, 5.41) is 0. The summed E-state index contributed by atoms with van der Waals surface area (Å²) in [4.78, 5) is 2.60. The number of benzene rings is 1. The minimum absolute atomic E-state index is 0.203. The van der Waals surface area contributed by atoms with Crippen molar-refractivity contribution in [2.45, 2.75) is 49.7 Å². The standard InChI is InChI=1S/C29H47NO7/c1-30-9-8-29-22-25(6-7-26(29)28(30)20-23-4-5-24(32-3)21-27(23)29)37-19-18-36-17-16-35-15-14-34-13-12-33-11-10-31-2/h4-5,21,25-26,28H,6-20,22H2,1-3H3/t25-,26-,28+,29-/m1/s1. The maximum atomic E-state index is 6.37. The second-order valence-corrected chi connectivity index (χ2v) is 10.5. The van der Waals surface area contributed by atoms with E-state index >= 15 is 0 Å². The molecule has 4 rings (SSSR count). The van der Waals surface area contributed by atoms with Crippen LogP contribution in [-0.2, 0) is 40.3 Å². The molecule has 1 heterocycles. The van der Waals surface area contributed by atoms with Crippen LogP contribution >= 0.6 is 0 Å². The van der Waals surface area contributed by atoms with Crippen LogP contribution < -0.4 is 4.74 Å². The van der Waals surface area contributed by atoms with Gasteiger partial charge in [-0.15, -0.1) is 0 Å². The zero-order chi connectivity index (χ0) is 25.9. The molecule has 0 unspecified atom stereocenters. The predicted molar refractivity (Wildman–Crippen MR) is 142 cm³/mol.